The molecule has 3 heterocycles. The minimum Gasteiger partial charge on any atom is -0.462 e. The van der Waals surface area contributed by atoms with Crippen LogP contribution in [0.1, 0.15) is 66.5 Å². The van der Waals surface area contributed by atoms with E-state index in [9.17, 15) is 14.4 Å². The van der Waals surface area contributed by atoms with Crippen LogP contribution in [0.25, 0.3) is 22.5 Å². The molecule has 2 unspecified atom stereocenters. The number of esters is 2. The summed E-state index contributed by atoms with van der Waals surface area (Å²) in [6, 6.07) is 21.1. The highest BCUT2D eigenvalue weighted by Crippen LogP contribution is 2.31. The molecule has 234 valence electrons. The van der Waals surface area contributed by atoms with Gasteiger partial charge in [0.15, 0.2) is 11.9 Å². The molecule has 11 heteroatoms. The number of nitrogens with one attached hydrogen (secondary N) is 1. The number of aromatic nitrogens is 6. The number of hydrogen-bond donors (Lipinski definition) is 1. The highest BCUT2D eigenvalue weighted by molar-refractivity contribution is 5.89. The Morgan fingerprint density at radius 2 is 1.65 bits per heavy atom. The number of benzene rings is 3. The molecule has 1 aliphatic heterocycles. The summed E-state index contributed by atoms with van der Waals surface area (Å²) >= 11 is 0. The maximum atomic E-state index is 14.1. The van der Waals surface area contributed by atoms with Crippen LogP contribution < -0.4 is 10.3 Å². The molecule has 6 rings (SSSR count). The van der Waals surface area contributed by atoms with E-state index in [4.69, 9.17) is 9.47 Å². The van der Waals surface area contributed by atoms with E-state index in [0.29, 0.717) is 29.8 Å². The number of carbonyl (C=O) groups is 2. The SMILES string of the molecule is CCCc1c(Cc2ccc(-c3ccccc3-c3nnn[nH]3)cc2)c(=O)n2n1C(C)C=CC2C(=O)Oc1ccc(C(=O)OCC)cc1. The van der Waals surface area contributed by atoms with E-state index < -0.39 is 18.0 Å². The highest BCUT2D eigenvalue weighted by atomic mass is 16.5. The number of fused-ring (bicyclic) bond motifs is 1. The number of rotatable bonds is 10. The second-order valence-electron chi connectivity index (χ2n) is 11.1. The molecule has 1 N–H and O–H groups in total. The van der Waals surface area contributed by atoms with Crippen LogP contribution in [0, 0.1) is 0 Å². The van der Waals surface area contributed by atoms with E-state index in [1.165, 1.54) is 4.68 Å². The van der Waals surface area contributed by atoms with Gasteiger partial charge in [0.2, 0.25) is 0 Å². The van der Waals surface area contributed by atoms with Crippen LogP contribution in [0.3, 0.4) is 0 Å². The molecule has 0 saturated heterocycles. The topological polar surface area (TPSA) is 134 Å². The van der Waals surface area contributed by atoms with Crippen molar-refractivity contribution >= 4 is 11.9 Å². The summed E-state index contributed by atoms with van der Waals surface area (Å²) in [5.74, 6) is -0.187. The molecule has 0 spiro atoms. The normalized spacial score (nSPS) is 15.4. The number of aromatic amines is 1. The number of tetrazole rings is 1. The van der Waals surface area contributed by atoms with Crippen molar-refractivity contribution in [3.8, 4) is 28.3 Å². The first kappa shape index (κ1) is 30.4. The zero-order chi connectivity index (χ0) is 32.2. The number of allylic oxidation sites excluding steroid dienone is 1. The van der Waals surface area contributed by atoms with Crippen molar-refractivity contribution in [2.24, 2.45) is 0 Å². The molecule has 3 aromatic carbocycles. The van der Waals surface area contributed by atoms with Gasteiger partial charge in [-0.05, 0) is 71.7 Å². The minimum atomic E-state index is -0.942. The van der Waals surface area contributed by atoms with Gasteiger partial charge < -0.3 is 9.47 Å². The summed E-state index contributed by atoms with van der Waals surface area (Å²) < 4.78 is 14.2. The van der Waals surface area contributed by atoms with Crippen LogP contribution >= 0.6 is 0 Å². The van der Waals surface area contributed by atoms with Crippen LogP contribution in [0.2, 0.25) is 0 Å². The molecular weight excluding hydrogens is 584 g/mol. The number of nitrogens with zero attached hydrogens (tertiary/aromatic N) is 5. The second-order valence-corrected chi connectivity index (χ2v) is 11.1. The molecule has 2 aromatic heterocycles. The first-order chi connectivity index (χ1) is 22.4. The Morgan fingerprint density at radius 3 is 2.33 bits per heavy atom. The lowest BCUT2D eigenvalue weighted by molar-refractivity contribution is -0.137. The summed E-state index contributed by atoms with van der Waals surface area (Å²) in [6.45, 7) is 6.07. The first-order valence-electron chi connectivity index (χ1n) is 15.3. The summed E-state index contributed by atoms with van der Waals surface area (Å²) in [6.07, 6.45) is 5.58. The summed E-state index contributed by atoms with van der Waals surface area (Å²) in [7, 11) is 0. The molecule has 0 bridgehead atoms. The van der Waals surface area contributed by atoms with E-state index in [1.807, 2.05) is 66.2 Å². The second kappa shape index (κ2) is 13.2. The van der Waals surface area contributed by atoms with Gasteiger partial charge in [0.1, 0.15) is 5.75 Å². The Morgan fingerprint density at radius 1 is 0.913 bits per heavy atom. The van der Waals surface area contributed by atoms with Crippen LogP contribution in [0.4, 0.5) is 0 Å². The fourth-order valence-corrected chi connectivity index (χ4v) is 5.89. The van der Waals surface area contributed by atoms with Crippen molar-refractivity contribution in [2.45, 2.75) is 52.1 Å². The minimum absolute atomic E-state index is 0.125. The van der Waals surface area contributed by atoms with E-state index in [2.05, 4.69) is 27.5 Å². The standard InChI is InChI=1S/C35H34N6O5/c1-4-8-30-29(21-23-12-14-24(15-13-23)27-9-6-7-10-28(27)32-36-38-39-37-32)33(42)41-31(20-11-22(3)40(30)41)35(44)46-26-18-16-25(17-19-26)34(43)45-5-2/h6-7,9-20,22,31H,4-5,8,21H2,1-3H3,(H,36,37,38,39). The molecule has 11 nitrogen and oxygen atoms in total. The molecule has 5 aromatic rings. The molecule has 0 fully saturated rings. The van der Waals surface area contributed by atoms with Crippen molar-refractivity contribution in [3.63, 3.8) is 0 Å². The van der Waals surface area contributed by atoms with Gasteiger partial charge in [0.25, 0.3) is 5.56 Å². The zero-order valence-corrected chi connectivity index (χ0v) is 25.8. The van der Waals surface area contributed by atoms with E-state index in [1.54, 1.807) is 37.3 Å². The average Bonchev–Trinajstić information content (AvgIpc) is 3.70. The third-order valence-corrected chi connectivity index (χ3v) is 8.03. The molecule has 46 heavy (non-hydrogen) atoms. The lowest BCUT2D eigenvalue weighted by atomic mass is 9.96. The predicted octanol–water partition coefficient (Wildman–Crippen LogP) is 5.49. The number of ether oxygens (including phenoxy) is 2. The Labute approximate surface area is 265 Å². The van der Waals surface area contributed by atoms with Crippen LogP contribution in [-0.4, -0.2) is 48.5 Å². The predicted molar refractivity (Wildman–Crippen MR) is 171 cm³/mol. The van der Waals surface area contributed by atoms with Crippen molar-refractivity contribution in [3.05, 3.63) is 118 Å². The van der Waals surface area contributed by atoms with Crippen LogP contribution in [0.5, 0.6) is 5.75 Å². The summed E-state index contributed by atoms with van der Waals surface area (Å²) in [5, 5.41) is 14.3. The van der Waals surface area contributed by atoms with E-state index in [-0.39, 0.29) is 24.0 Å². The van der Waals surface area contributed by atoms with Crippen molar-refractivity contribution in [1.82, 2.24) is 30.0 Å². The van der Waals surface area contributed by atoms with Gasteiger partial charge in [-0.2, -0.15) is 0 Å². The fraction of sp³-hybridized carbons (Fsp3) is 0.257. The quantitative estimate of drug-likeness (QED) is 0.123. The Kier molecular flexibility index (Phi) is 8.73. The molecule has 1 aliphatic rings. The summed E-state index contributed by atoms with van der Waals surface area (Å²) in [4.78, 5) is 39.6. The number of hydrogen-bond acceptors (Lipinski definition) is 8. The van der Waals surface area contributed by atoms with Crippen LogP contribution in [0.15, 0.2) is 89.7 Å². The molecule has 0 aliphatic carbocycles. The Hall–Kier alpha value is -5.58. The summed E-state index contributed by atoms with van der Waals surface area (Å²) in [5.41, 5.74) is 5.55. The fourth-order valence-electron chi connectivity index (χ4n) is 5.89. The monoisotopic (exact) mass is 618 g/mol. The third-order valence-electron chi connectivity index (χ3n) is 8.03. The highest BCUT2D eigenvalue weighted by Gasteiger charge is 2.33. The first-order valence-corrected chi connectivity index (χ1v) is 15.3. The zero-order valence-electron chi connectivity index (χ0n) is 25.8. The van der Waals surface area contributed by atoms with Crippen molar-refractivity contribution < 1.29 is 19.1 Å². The van der Waals surface area contributed by atoms with Crippen LogP contribution in [-0.2, 0) is 22.4 Å². The lowest BCUT2D eigenvalue weighted by Gasteiger charge is -2.27. The van der Waals surface area contributed by atoms with Gasteiger partial charge in [-0.1, -0.05) is 74.0 Å². The van der Waals surface area contributed by atoms with E-state index in [0.717, 1.165) is 34.4 Å². The molecule has 0 radical (unpaired) electrons. The maximum Gasteiger partial charge on any atom is 0.340 e. The van der Waals surface area contributed by atoms with Gasteiger partial charge in [-0.25, -0.2) is 19.4 Å². The molecular formula is C35H34N6O5. The maximum absolute atomic E-state index is 14.1. The lowest BCUT2D eigenvalue weighted by Crippen LogP contribution is -2.37. The smallest absolute Gasteiger partial charge is 0.340 e. The Bertz CT molecular complexity index is 1940. The number of H-pyrrole nitrogens is 1. The average molecular weight is 619 g/mol. The van der Waals surface area contributed by atoms with Crippen molar-refractivity contribution in [1.29, 1.82) is 0 Å². The molecule has 0 saturated carbocycles. The van der Waals surface area contributed by atoms with Gasteiger partial charge in [0.05, 0.1) is 18.2 Å². The molecule has 0 amide bonds. The van der Waals surface area contributed by atoms with Gasteiger partial charge in [0, 0.05) is 23.2 Å². The third kappa shape index (κ3) is 5.91. The molecule has 2 atom stereocenters. The van der Waals surface area contributed by atoms with Crippen molar-refractivity contribution in [2.75, 3.05) is 6.61 Å². The van der Waals surface area contributed by atoms with Gasteiger partial charge in [-0.3, -0.25) is 9.48 Å². The van der Waals surface area contributed by atoms with Gasteiger partial charge in [-0.15, -0.1) is 5.10 Å². The van der Waals surface area contributed by atoms with E-state index >= 15 is 0 Å². The van der Waals surface area contributed by atoms with Gasteiger partial charge >= 0.3 is 11.9 Å². The number of carbonyl (C=O) groups excluding carboxylic acids is 2. The largest absolute Gasteiger partial charge is 0.462 e. The Balaban J connectivity index is 1.28.